The van der Waals surface area contributed by atoms with Gasteiger partial charge in [-0.1, -0.05) is 29.8 Å². The molecule has 1 aliphatic rings. The highest BCUT2D eigenvalue weighted by Gasteiger charge is 2.24. The lowest BCUT2D eigenvalue weighted by atomic mass is 10.1. The second-order valence-electron chi connectivity index (χ2n) is 8.08. The summed E-state index contributed by atoms with van der Waals surface area (Å²) in [7, 11) is 0. The second kappa shape index (κ2) is 9.53. The van der Waals surface area contributed by atoms with E-state index in [-0.39, 0.29) is 29.9 Å². The number of hydrogen-bond donors (Lipinski definition) is 2. The van der Waals surface area contributed by atoms with Crippen molar-refractivity contribution in [1.82, 2.24) is 20.4 Å². The predicted molar refractivity (Wildman–Crippen MR) is 109 cm³/mol. The van der Waals surface area contributed by atoms with Crippen molar-refractivity contribution in [3.05, 3.63) is 34.9 Å². The molecular formula is C20H31ClN4O2. The largest absolute Gasteiger partial charge is 0.350 e. The third-order valence-corrected chi connectivity index (χ3v) is 4.88. The Morgan fingerprint density at radius 3 is 2.37 bits per heavy atom. The van der Waals surface area contributed by atoms with Crippen molar-refractivity contribution < 1.29 is 9.59 Å². The van der Waals surface area contributed by atoms with Crippen molar-refractivity contribution in [2.45, 2.75) is 39.3 Å². The Bertz CT molecular complexity index is 652. The third kappa shape index (κ3) is 7.13. The molecule has 1 fully saturated rings. The molecule has 0 radical (unpaired) electrons. The summed E-state index contributed by atoms with van der Waals surface area (Å²) in [6.07, 6.45) is 0. The van der Waals surface area contributed by atoms with E-state index in [0.717, 1.165) is 5.56 Å². The van der Waals surface area contributed by atoms with Gasteiger partial charge in [0.15, 0.2) is 0 Å². The van der Waals surface area contributed by atoms with E-state index in [1.54, 1.807) is 0 Å². The molecule has 1 aromatic rings. The van der Waals surface area contributed by atoms with Gasteiger partial charge in [0.25, 0.3) is 0 Å². The van der Waals surface area contributed by atoms with Crippen LogP contribution in [0.2, 0.25) is 5.02 Å². The average molecular weight is 395 g/mol. The predicted octanol–water partition coefficient (Wildman–Crippen LogP) is 2.05. The number of piperazine rings is 1. The first-order valence-corrected chi connectivity index (χ1v) is 9.82. The maximum absolute atomic E-state index is 12.5. The van der Waals surface area contributed by atoms with Crippen LogP contribution in [0.3, 0.4) is 0 Å². The number of nitrogens with one attached hydrogen (secondary N) is 2. The number of halogens is 1. The van der Waals surface area contributed by atoms with E-state index < -0.39 is 0 Å². The molecule has 1 saturated heterocycles. The molecule has 1 aromatic carbocycles. The molecule has 150 valence electrons. The molecule has 0 bridgehead atoms. The highest BCUT2D eigenvalue weighted by molar-refractivity contribution is 6.31. The van der Waals surface area contributed by atoms with Crippen molar-refractivity contribution in [3.8, 4) is 0 Å². The molecule has 1 aliphatic heterocycles. The molecule has 2 N–H and O–H groups in total. The summed E-state index contributed by atoms with van der Waals surface area (Å²) in [6, 6.07) is 7.66. The molecule has 0 spiro atoms. The van der Waals surface area contributed by atoms with Gasteiger partial charge in [0.05, 0.1) is 13.1 Å². The molecule has 0 aromatic heterocycles. The standard InChI is InChI=1S/C20H31ClN4O2/c1-15(16-7-5-6-8-17(16)21)22-13-19(27)25-11-9-24(10-12-25)14-18(26)23-20(2,3)4/h5-8,15,22H,9-14H2,1-4H3,(H,23,26)/t15-/m1/s1. The number of hydrogen-bond acceptors (Lipinski definition) is 4. The zero-order chi connectivity index (χ0) is 20.0. The first kappa shape index (κ1) is 21.7. The Hall–Kier alpha value is -1.63. The Morgan fingerprint density at radius 1 is 1.15 bits per heavy atom. The summed E-state index contributed by atoms with van der Waals surface area (Å²) >= 11 is 6.21. The molecule has 2 amide bonds. The molecule has 1 atom stereocenters. The van der Waals surface area contributed by atoms with Crippen LogP contribution in [0.4, 0.5) is 0 Å². The van der Waals surface area contributed by atoms with Gasteiger partial charge in [0.1, 0.15) is 0 Å². The Morgan fingerprint density at radius 2 is 1.78 bits per heavy atom. The van der Waals surface area contributed by atoms with E-state index >= 15 is 0 Å². The zero-order valence-electron chi connectivity index (χ0n) is 16.7. The summed E-state index contributed by atoms with van der Waals surface area (Å²) in [5.41, 5.74) is 0.764. The number of benzene rings is 1. The van der Waals surface area contributed by atoms with Crippen LogP contribution in [0.5, 0.6) is 0 Å². The quantitative estimate of drug-likeness (QED) is 0.775. The average Bonchev–Trinajstić information content (AvgIpc) is 2.58. The van der Waals surface area contributed by atoms with Crippen LogP contribution >= 0.6 is 11.6 Å². The van der Waals surface area contributed by atoms with Crippen LogP contribution in [-0.2, 0) is 9.59 Å². The van der Waals surface area contributed by atoms with E-state index in [9.17, 15) is 9.59 Å². The minimum Gasteiger partial charge on any atom is -0.350 e. The molecule has 2 rings (SSSR count). The Labute approximate surface area is 167 Å². The van der Waals surface area contributed by atoms with Gasteiger partial charge in [-0.15, -0.1) is 0 Å². The maximum Gasteiger partial charge on any atom is 0.236 e. The fraction of sp³-hybridized carbons (Fsp3) is 0.600. The lowest BCUT2D eigenvalue weighted by Gasteiger charge is -2.35. The number of carbonyl (C=O) groups excluding carboxylic acids is 2. The zero-order valence-corrected chi connectivity index (χ0v) is 17.5. The van der Waals surface area contributed by atoms with Crippen molar-refractivity contribution >= 4 is 23.4 Å². The number of nitrogens with zero attached hydrogens (tertiary/aromatic N) is 2. The monoisotopic (exact) mass is 394 g/mol. The third-order valence-electron chi connectivity index (χ3n) is 4.54. The number of rotatable bonds is 6. The van der Waals surface area contributed by atoms with Gasteiger partial charge in [-0.25, -0.2) is 0 Å². The van der Waals surface area contributed by atoms with Gasteiger partial charge in [-0.3, -0.25) is 14.5 Å². The van der Waals surface area contributed by atoms with Gasteiger partial charge in [-0.05, 0) is 39.3 Å². The fourth-order valence-electron chi connectivity index (χ4n) is 3.10. The number of amides is 2. The van der Waals surface area contributed by atoms with Gasteiger partial charge in [0, 0.05) is 42.8 Å². The molecule has 7 heteroatoms. The highest BCUT2D eigenvalue weighted by Crippen LogP contribution is 2.21. The van der Waals surface area contributed by atoms with Crippen LogP contribution in [-0.4, -0.2) is 66.4 Å². The molecule has 27 heavy (non-hydrogen) atoms. The van der Waals surface area contributed by atoms with Crippen LogP contribution in [0, 0.1) is 0 Å². The van der Waals surface area contributed by atoms with E-state index in [2.05, 4.69) is 15.5 Å². The molecular weight excluding hydrogens is 364 g/mol. The molecule has 0 aliphatic carbocycles. The van der Waals surface area contributed by atoms with E-state index in [1.807, 2.05) is 56.9 Å². The lowest BCUT2D eigenvalue weighted by Crippen LogP contribution is -2.54. The van der Waals surface area contributed by atoms with Crippen molar-refractivity contribution in [3.63, 3.8) is 0 Å². The topological polar surface area (TPSA) is 64.7 Å². The van der Waals surface area contributed by atoms with Gasteiger partial charge in [-0.2, -0.15) is 0 Å². The summed E-state index contributed by atoms with van der Waals surface area (Å²) in [5, 5.41) is 6.92. The molecule has 0 unspecified atom stereocenters. The van der Waals surface area contributed by atoms with Crippen molar-refractivity contribution in [1.29, 1.82) is 0 Å². The Kier molecular flexibility index (Phi) is 7.65. The second-order valence-corrected chi connectivity index (χ2v) is 8.49. The minimum absolute atomic E-state index is 0.00466. The van der Waals surface area contributed by atoms with E-state index in [4.69, 9.17) is 11.6 Å². The minimum atomic E-state index is -0.223. The van der Waals surface area contributed by atoms with Crippen molar-refractivity contribution in [2.75, 3.05) is 39.3 Å². The van der Waals surface area contributed by atoms with Gasteiger partial charge >= 0.3 is 0 Å². The Balaban J connectivity index is 1.73. The molecule has 0 saturated carbocycles. The number of carbonyl (C=O) groups is 2. The van der Waals surface area contributed by atoms with E-state index in [0.29, 0.717) is 37.7 Å². The summed E-state index contributed by atoms with van der Waals surface area (Å²) in [6.45, 7) is 11.3. The molecule has 1 heterocycles. The lowest BCUT2D eigenvalue weighted by molar-refractivity contribution is -0.132. The first-order chi connectivity index (χ1) is 12.7. The first-order valence-electron chi connectivity index (χ1n) is 9.44. The van der Waals surface area contributed by atoms with Crippen molar-refractivity contribution in [2.24, 2.45) is 0 Å². The summed E-state index contributed by atoms with van der Waals surface area (Å²) < 4.78 is 0. The van der Waals surface area contributed by atoms with Gasteiger partial charge in [0.2, 0.25) is 11.8 Å². The van der Waals surface area contributed by atoms with Crippen LogP contribution < -0.4 is 10.6 Å². The normalized spacial score (nSPS) is 16.9. The molecule has 6 nitrogen and oxygen atoms in total. The SMILES string of the molecule is C[C@@H](NCC(=O)N1CCN(CC(=O)NC(C)(C)C)CC1)c1ccccc1Cl. The van der Waals surface area contributed by atoms with Crippen LogP contribution in [0.15, 0.2) is 24.3 Å². The smallest absolute Gasteiger partial charge is 0.236 e. The highest BCUT2D eigenvalue weighted by atomic mass is 35.5. The van der Waals surface area contributed by atoms with Crippen LogP contribution in [0.1, 0.15) is 39.3 Å². The maximum atomic E-state index is 12.5. The van der Waals surface area contributed by atoms with Gasteiger partial charge < -0.3 is 15.5 Å². The summed E-state index contributed by atoms with van der Waals surface area (Å²) in [4.78, 5) is 28.4. The fourth-order valence-corrected chi connectivity index (χ4v) is 3.40. The van der Waals surface area contributed by atoms with E-state index in [1.165, 1.54) is 0 Å². The van der Waals surface area contributed by atoms with Crippen LogP contribution in [0.25, 0.3) is 0 Å². The summed E-state index contributed by atoms with van der Waals surface area (Å²) in [5.74, 6) is 0.102.